The summed E-state index contributed by atoms with van der Waals surface area (Å²) in [6, 6.07) is 14.8. The van der Waals surface area contributed by atoms with Crippen LogP contribution in [0.25, 0.3) is 0 Å². The lowest BCUT2D eigenvalue weighted by Gasteiger charge is -2.05. The molecule has 0 saturated heterocycles. The van der Waals surface area contributed by atoms with E-state index >= 15 is 0 Å². The number of nitrogens with zero attached hydrogens (tertiary/aromatic N) is 2. The molecular weight excluding hydrogens is 280 g/mol. The van der Waals surface area contributed by atoms with Crippen LogP contribution in [0.5, 0.6) is 0 Å². The van der Waals surface area contributed by atoms with Crippen LogP contribution in [0.3, 0.4) is 0 Å². The van der Waals surface area contributed by atoms with Crippen LogP contribution in [0.4, 0.5) is 10.5 Å². The minimum atomic E-state index is -0.845. The molecule has 0 aliphatic carbocycles. The Morgan fingerprint density at radius 1 is 1.00 bits per heavy atom. The first kappa shape index (κ1) is 13.9. The Morgan fingerprint density at radius 2 is 1.55 bits per heavy atom. The number of nitro benzene ring substituents is 1. The van der Waals surface area contributed by atoms with Gasteiger partial charge >= 0.3 is 5.37 Å². The maximum Gasteiger partial charge on any atom is 0.340 e. The first-order chi connectivity index (χ1) is 9.58. The molecule has 0 heterocycles. The highest BCUT2D eigenvalue weighted by Gasteiger charge is 2.11. The molecule has 2 aromatic rings. The van der Waals surface area contributed by atoms with Crippen molar-refractivity contribution in [3.8, 4) is 0 Å². The highest BCUT2D eigenvalue weighted by molar-refractivity contribution is 6.64. The van der Waals surface area contributed by atoms with Gasteiger partial charge in [-0.3, -0.25) is 14.9 Å². The fourth-order valence-electron chi connectivity index (χ4n) is 1.72. The van der Waals surface area contributed by atoms with Gasteiger partial charge in [-0.1, -0.05) is 30.3 Å². The molecule has 0 unspecified atom stereocenters. The number of aliphatic imine (C=N–C) groups is 1. The topological polar surface area (TPSA) is 72.6 Å². The van der Waals surface area contributed by atoms with E-state index in [1.54, 1.807) is 24.3 Å². The monoisotopic (exact) mass is 288 g/mol. The predicted octanol–water partition coefficient (Wildman–Crippen LogP) is 3.79. The van der Waals surface area contributed by atoms with E-state index in [1.165, 1.54) is 24.3 Å². The van der Waals surface area contributed by atoms with E-state index in [0.29, 0.717) is 16.8 Å². The normalized spacial score (nSPS) is 11.2. The molecular formula is C14H9ClN2O3. The largest absolute Gasteiger partial charge is 0.340 e. The van der Waals surface area contributed by atoms with E-state index in [1.807, 2.05) is 6.07 Å². The fraction of sp³-hybridized carbons (Fsp3) is 0. The van der Waals surface area contributed by atoms with Gasteiger partial charge in [-0.25, -0.2) is 0 Å². The zero-order valence-corrected chi connectivity index (χ0v) is 10.9. The Balaban J connectivity index is 2.48. The molecule has 0 radical (unpaired) electrons. The second-order valence-electron chi connectivity index (χ2n) is 3.88. The van der Waals surface area contributed by atoms with Gasteiger partial charge in [0.05, 0.1) is 10.6 Å². The molecule has 0 bridgehead atoms. The molecule has 100 valence electrons. The van der Waals surface area contributed by atoms with Crippen LogP contribution in [-0.4, -0.2) is 16.0 Å². The Labute approximate surface area is 119 Å². The molecule has 6 heteroatoms. The van der Waals surface area contributed by atoms with Crippen LogP contribution in [0.1, 0.15) is 11.1 Å². The summed E-state index contributed by atoms with van der Waals surface area (Å²) in [4.78, 5) is 25.0. The van der Waals surface area contributed by atoms with Gasteiger partial charge in [0.1, 0.15) is 0 Å². The zero-order chi connectivity index (χ0) is 14.5. The summed E-state index contributed by atoms with van der Waals surface area (Å²) in [5.41, 5.74) is 1.63. The number of benzene rings is 2. The van der Waals surface area contributed by atoms with Crippen LogP contribution in [0.2, 0.25) is 0 Å². The SMILES string of the molecule is O=C(Cl)/N=C(\c1ccccc1)c1ccc([N+](=O)[O-])cc1. The van der Waals surface area contributed by atoms with Crippen molar-refractivity contribution in [1.82, 2.24) is 0 Å². The maximum atomic E-state index is 11.0. The van der Waals surface area contributed by atoms with Crippen molar-refractivity contribution in [3.05, 3.63) is 75.8 Å². The minimum absolute atomic E-state index is 0.0293. The van der Waals surface area contributed by atoms with E-state index in [4.69, 9.17) is 11.6 Å². The summed E-state index contributed by atoms with van der Waals surface area (Å²) < 4.78 is 0. The van der Waals surface area contributed by atoms with Crippen LogP contribution in [0, 0.1) is 10.1 Å². The quantitative estimate of drug-likeness (QED) is 0.283. The van der Waals surface area contributed by atoms with E-state index in [0.717, 1.165) is 0 Å². The summed E-state index contributed by atoms with van der Waals surface area (Å²) >= 11 is 5.32. The minimum Gasteiger partial charge on any atom is -0.258 e. The molecule has 0 fully saturated rings. The number of rotatable bonds is 3. The lowest BCUT2D eigenvalue weighted by atomic mass is 10.0. The van der Waals surface area contributed by atoms with E-state index in [-0.39, 0.29) is 5.69 Å². The molecule has 2 aromatic carbocycles. The average Bonchev–Trinajstić information content (AvgIpc) is 2.45. The van der Waals surface area contributed by atoms with Crippen molar-refractivity contribution in [2.24, 2.45) is 4.99 Å². The van der Waals surface area contributed by atoms with E-state index < -0.39 is 10.3 Å². The van der Waals surface area contributed by atoms with Gasteiger partial charge in [0, 0.05) is 23.3 Å². The lowest BCUT2D eigenvalue weighted by Crippen LogP contribution is -2.05. The Morgan fingerprint density at radius 3 is 2.05 bits per heavy atom. The summed E-state index contributed by atoms with van der Waals surface area (Å²) in [6.07, 6.45) is 0. The molecule has 20 heavy (non-hydrogen) atoms. The van der Waals surface area contributed by atoms with Crippen molar-refractivity contribution in [1.29, 1.82) is 0 Å². The number of nitro groups is 1. The average molecular weight is 289 g/mol. The fourth-order valence-corrected chi connectivity index (χ4v) is 1.81. The zero-order valence-electron chi connectivity index (χ0n) is 10.2. The van der Waals surface area contributed by atoms with Gasteiger partial charge in [-0.05, 0) is 23.7 Å². The molecule has 0 aromatic heterocycles. The second kappa shape index (κ2) is 6.08. The number of amides is 1. The summed E-state index contributed by atoms with van der Waals surface area (Å²) in [7, 11) is 0. The first-order valence-corrected chi connectivity index (χ1v) is 6.04. The third kappa shape index (κ3) is 3.27. The van der Waals surface area contributed by atoms with Gasteiger partial charge in [-0.2, -0.15) is 4.99 Å². The van der Waals surface area contributed by atoms with Gasteiger partial charge in [0.2, 0.25) is 0 Å². The number of halogens is 1. The second-order valence-corrected chi connectivity index (χ2v) is 4.21. The van der Waals surface area contributed by atoms with Gasteiger partial charge in [0.15, 0.2) is 0 Å². The third-order valence-electron chi connectivity index (χ3n) is 2.60. The van der Waals surface area contributed by atoms with E-state index in [9.17, 15) is 14.9 Å². The van der Waals surface area contributed by atoms with Gasteiger partial charge < -0.3 is 0 Å². The highest BCUT2D eigenvalue weighted by atomic mass is 35.5. The maximum absolute atomic E-state index is 11.0. The molecule has 2 rings (SSSR count). The molecule has 0 spiro atoms. The van der Waals surface area contributed by atoms with Crippen molar-refractivity contribution in [2.45, 2.75) is 0 Å². The van der Waals surface area contributed by atoms with Crippen LogP contribution < -0.4 is 0 Å². The summed E-state index contributed by atoms with van der Waals surface area (Å²) in [5, 5.41) is 9.78. The third-order valence-corrected chi connectivity index (χ3v) is 2.68. The first-order valence-electron chi connectivity index (χ1n) is 5.66. The van der Waals surface area contributed by atoms with Crippen molar-refractivity contribution < 1.29 is 9.72 Å². The van der Waals surface area contributed by atoms with Crippen molar-refractivity contribution >= 4 is 28.4 Å². The lowest BCUT2D eigenvalue weighted by molar-refractivity contribution is -0.384. The summed E-state index contributed by atoms with van der Waals surface area (Å²) in [5.74, 6) is 0. The van der Waals surface area contributed by atoms with E-state index in [2.05, 4.69) is 4.99 Å². The Hall–Kier alpha value is -2.53. The number of hydrogen-bond donors (Lipinski definition) is 0. The number of carbonyl (C=O) groups is 1. The van der Waals surface area contributed by atoms with Crippen molar-refractivity contribution in [2.75, 3.05) is 0 Å². The van der Waals surface area contributed by atoms with Crippen LogP contribution >= 0.6 is 11.6 Å². The predicted molar refractivity (Wildman–Crippen MR) is 76.4 cm³/mol. The molecule has 5 nitrogen and oxygen atoms in total. The molecule has 1 amide bonds. The molecule has 0 atom stereocenters. The summed E-state index contributed by atoms with van der Waals surface area (Å²) in [6.45, 7) is 0. The van der Waals surface area contributed by atoms with Gasteiger partial charge in [-0.15, -0.1) is 0 Å². The molecule has 0 aliphatic heterocycles. The van der Waals surface area contributed by atoms with Gasteiger partial charge in [0.25, 0.3) is 5.69 Å². The number of hydrogen-bond acceptors (Lipinski definition) is 3. The molecule has 0 saturated carbocycles. The smallest absolute Gasteiger partial charge is 0.258 e. The van der Waals surface area contributed by atoms with Crippen molar-refractivity contribution in [3.63, 3.8) is 0 Å². The standard InChI is InChI=1S/C14H9ClN2O3/c15-14(18)16-13(10-4-2-1-3-5-10)11-6-8-12(9-7-11)17(19)20/h1-9H/b16-13+. The number of non-ortho nitro benzene ring substituents is 1. The molecule has 0 N–H and O–H groups in total. The highest BCUT2D eigenvalue weighted by Crippen LogP contribution is 2.16. The Kier molecular flexibility index (Phi) is 4.22. The van der Waals surface area contributed by atoms with Crippen LogP contribution in [0.15, 0.2) is 59.6 Å². The number of carbonyl (C=O) groups excluding carboxylic acids is 1. The molecule has 0 aliphatic rings. The Bertz CT molecular complexity index is 667. The van der Waals surface area contributed by atoms with Crippen LogP contribution in [-0.2, 0) is 0 Å².